The number of anilines is 3. The van der Waals surface area contributed by atoms with Gasteiger partial charge in [-0.3, -0.25) is 10.1 Å². The molecule has 4 N–H and O–H groups in total. The Balaban J connectivity index is 0.00000289. The van der Waals surface area contributed by atoms with Gasteiger partial charge in [-0.15, -0.1) is 12.4 Å². The van der Waals surface area contributed by atoms with Gasteiger partial charge >= 0.3 is 6.09 Å². The number of carbonyl (C=O) groups excluding carboxylic acids is 2. The van der Waals surface area contributed by atoms with Crippen LogP contribution in [0.25, 0.3) is 21.9 Å². The maximum atomic E-state index is 15.3. The SMILES string of the molecule is Cc1c(-c2cc3cc(NC(=O)O[C@H]4COC[C@@H]4C)ncc3c(N)c2F)cnc2c1NC(=O)CO2.Cl. The van der Waals surface area contributed by atoms with Crippen molar-refractivity contribution in [2.75, 3.05) is 36.2 Å². The van der Waals surface area contributed by atoms with E-state index >= 15 is 4.39 Å². The first kappa shape index (κ1) is 24.4. The zero-order valence-corrected chi connectivity index (χ0v) is 19.7. The first-order chi connectivity index (χ1) is 16.3. The van der Waals surface area contributed by atoms with E-state index in [0.29, 0.717) is 40.8 Å². The van der Waals surface area contributed by atoms with Gasteiger partial charge in [0.2, 0.25) is 5.88 Å². The van der Waals surface area contributed by atoms with Gasteiger partial charge < -0.3 is 25.3 Å². The highest BCUT2D eigenvalue weighted by Gasteiger charge is 2.28. The van der Waals surface area contributed by atoms with Gasteiger partial charge in [0, 0.05) is 34.8 Å². The number of rotatable bonds is 3. The quantitative estimate of drug-likeness (QED) is 0.460. The molecule has 2 amide bonds. The molecule has 0 radical (unpaired) electrons. The number of hydrogen-bond donors (Lipinski definition) is 3. The summed E-state index contributed by atoms with van der Waals surface area (Å²) in [6, 6.07) is 3.17. The molecule has 1 saturated heterocycles. The Morgan fingerprint density at radius 3 is 2.80 bits per heavy atom. The van der Waals surface area contributed by atoms with Gasteiger partial charge in [0.1, 0.15) is 17.6 Å². The third kappa shape index (κ3) is 4.52. The number of nitrogen functional groups attached to an aromatic ring is 1. The molecule has 4 heterocycles. The summed E-state index contributed by atoms with van der Waals surface area (Å²) in [7, 11) is 0. The zero-order valence-electron chi connectivity index (χ0n) is 18.9. The van der Waals surface area contributed by atoms with Gasteiger partial charge in [-0.1, -0.05) is 6.92 Å². The molecule has 184 valence electrons. The van der Waals surface area contributed by atoms with Crippen molar-refractivity contribution in [2.45, 2.75) is 20.0 Å². The molecule has 1 fully saturated rings. The van der Waals surface area contributed by atoms with Crippen molar-refractivity contribution in [3.8, 4) is 17.0 Å². The van der Waals surface area contributed by atoms with Crippen molar-refractivity contribution < 1.29 is 28.2 Å². The minimum atomic E-state index is -0.657. The second-order valence-corrected chi connectivity index (χ2v) is 8.34. The third-order valence-corrected chi connectivity index (χ3v) is 5.98. The number of aromatic nitrogens is 2. The molecule has 0 aliphatic carbocycles. The molecule has 2 atom stereocenters. The highest BCUT2D eigenvalue weighted by Crippen LogP contribution is 2.39. The molecule has 0 bridgehead atoms. The second-order valence-electron chi connectivity index (χ2n) is 8.34. The molecule has 2 aliphatic heterocycles. The number of nitrogens with two attached hydrogens (primary N) is 1. The Bertz CT molecular complexity index is 1340. The van der Waals surface area contributed by atoms with Gasteiger partial charge in [-0.2, -0.15) is 0 Å². The number of ether oxygens (including phenoxy) is 3. The summed E-state index contributed by atoms with van der Waals surface area (Å²) < 4.78 is 31.3. The van der Waals surface area contributed by atoms with Crippen LogP contribution >= 0.6 is 12.4 Å². The number of fused-ring (bicyclic) bond motifs is 2. The monoisotopic (exact) mass is 503 g/mol. The van der Waals surface area contributed by atoms with Crippen LogP contribution in [0.5, 0.6) is 5.88 Å². The van der Waals surface area contributed by atoms with E-state index < -0.39 is 11.9 Å². The van der Waals surface area contributed by atoms with Crippen molar-refractivity contribution >= 4 is 52.4 Å². The van der Waals surface area contributed by atoms with E-state index in [0.717, 1.165) is 0 Å². The van der Waals surface area contributed by atoms with Crippen molar-refractivity contribution in [1.82, 2.24) is 9.97 Å². The molecular formula is C23H23ClFN5O5. The van der Waals surface area contributed by atoms with E-state index in [-0.39, 0.29) is 59.9 Å². The molecule has 0 saturated carbocycles. The van der Waals surface area contributed by atoms with Crippen LogP contribution in [0.3, 0.4) is 0 Å². The highest BCUT2D eigenvalue weighted by atomic mass is 35.5. The van der Waals surface area contributed by atoms with Crippen LogP contribution in [0, 0.1) is 18.7 Å². The van der Waals surface area contributed by atoms with E-state index in [1.54, 1.807) is 19.1 Å². The molecule has 12 heteroatoms. The lowest BCUT2D eigenvalue weighted by molar-refractivity contribution is -0.118. The van der Waals surface area contributed by atoms with Crippen molar-refractivity contribution in [3.63, 3.8) is 0 Å². The summed E-state index contributed by atoms with van der Waals surface area (Å²) >= 11 is 0. The fourth-order valence-electron chi connectivity index (χ4n) is 4.04. The number of amides is 2. The van der Waals surface area contributed by atoms with Crippen LogP contribution in [0.2, 0.25) is 0 Å². The van der Waals surface area contributed by atoms with Gasteiger partial charge in [0.05, 0.1) is 18.9 Å². The molecule has 10 nitrogen and oxygen atoms in total. The van der Waals surface area contributed by atoms with E-state index in [2.05, 4.69) is 20.6 Å². The summed E-state index contributed by atoms with van der Waals surface area (Å²) in [5.41, 5.74) is 7.59. The fraction of sp³-hybridized carbons (Fsp3) is 0.304. The standard InChI is InChI=1S/C23H22FN5O5.ClH/c1-10-7-32-8-16(10)34-23(31)28-17-4-12-3-13(19(24)20(25)15(12)6-26-17)14-5-27-22-21(11(14)2)29-18(30)9-33-22;/h3-6,10,16H,7-9,25H2,1-2H3,(H,29,30)(H,26,28,31);1H/t10-,16-;/m0./s1. The van der Waals surface area contributed by atoms with Crippen LogP contribution in [0.1, 0.15) is 12.5 Å². The van der Waals surface area contributed by atoms with Crippen molar-refractivity contribution in [2.24, 2.45) is 5.92 Å². The number of carbonyl (C=O) groups is 2. The Morgan fingerprint density at radius 1 is 1.26 bits per heavy atom. The van der Waals surface area contributed by atoms with E-state index in [1.165, 1.54) is 12.4 Å². The molecule has 0 spiro atoms. The molecule has 2 aromatic heterocycles. The molecule has 0 unspecified atom stereocenters. The Labute approximate surface area is 205 Å². The summed E-state index contributed by atoms with van der Waals surface area (Å²) in [4.78, 5) is 32.4. The van der Waals surface area contributed by atoms with Gasteiger partial charge in [-0.05, 0) is 30.0 Å². The summed E-state index contributed by atoms with van der Waals surface area (Å²) in [5.74, 6) is -0.365. The summed E-state index contributed by atoms with van der Waals surface area (Å²) in [6.07, 6.45) is 1.87. The zero-order chi connectivity index (χ0) is 24.0. The normalized spacial score (nSPS) is 18.8. The highest BCUT2D eigenvalue weighted by molar-refractivity contribution is 6.01. The smallest absolute Gasteiger partial charge is 0.413 e. The van der Waals surface area contributed by atoms with Gasteiger partial charge in [0.25, 0.3) is 5.91 Å². The van der Waals surface area contributed by atoms with Gasteiger partial charge in [0.15, 0.2) is 12.4 Å². The second kappa shape index (κ2) is 9.51. The minimum absolute atomic E-state index is 0. The third-order valence-electron chi connectivity index (χ3n) is 5.98. The maximum Gasteiger partial charge on any atom is 0.413 e. The number of nitrogens with zero attached hydrogens (tertiary/aromatic N) is 2. The van der Waals surface area contributed by atoms with E-state index in [4.69, 9.17) is 19.9 Å². The average Bonchev–Trinajstić information content (AvgIpc) is 3.21. The van der Waals surface area contributed by atoms with Crippen LogP contribution in [0.4, 0.5) is 26.4 Å². The predicted octanol–water partition coefficient (Wildman–Crippen LogP) is 3.66. The first-order valence-corrected chi connectivity index (χ1v) is 10.7. The molecule has 1 aromatic carbocycles. The topological polar surface area (TPSA) is 138 Å². The lowest BCUT2D eigenvalue weighted by atomic mass is 9.97. The molecule has 5 rings (SSSR count). The lowest BCUT2D eigenvalue weighted by Crippen LogP contribution is -2.27. The number of pyridine rings is 2. The number of nitrogens with one attached hydrogen (secondary N) is 2. The molecule has 35 heavy (non-hydrogen) atoms. The maximum absolute atomic E-state index is 15.3. The van der Waals surface area contributed by atoms with Crippen LogP contribution in [-0.2, 0) is 14.3 Å². The minimum Gasteiger partial charge on any atom is -0.466 e. The molecular weight excluding hydrogens is 481 g/mol. The number of hydrogen-bond acceptors (Lipinski definition) is 8. The Morgan fingerprint density at radius 2 is 2.06 bits per heavy atom. The van der Waals surface area contributed by atoms with Gasteiger partial charge in [-0.25, -0.2) is 19.2 Å². The average molecular weight is 504 g/mol. The summed E-state index contributed by atoms with van der Waals surface area (Å²) in [6.45, 7) is 4.42. The molecule has 2 aliphatic rings. The van der Waals surface area contributed by atoms with E-state index in [9.17, 15) is 9.59 Å². The van der Waals surface area contributed by atoms with Crippen LogP contribution in [-0.4, -0.2) is 47.9 Å². The van der Waals surface area contributed by atoms with Crippen LogP contribution in [0.15, 0.2) is 24.5 Å². The lowest BCUT2D eigenvalue weighted by Gasteiger charge is -2.21. The predicted molar refractivity (Wildman–Crippen MR) is 129 cm³/mol. The first-order valence-electron chi connectivity index (χ1n) is 10.7. The summed E-state index contributed by atoms with van der Waals surface area (Å²) in [5, 5.41) is 6.24. The largest absolute Gasteiger partial charge is 0.466 e. The van der Waals surface area contributed by atoms with Crippen LogP contribution < -0.4 is 21.1 Å². The van der Waals surface area contributed by atoms with E-state index in [1.807, 2.05) is 6.92 Å². The molecule has 3 aromatic rings. The Hall–Kier alpha value is -3.70. The number of halogens is 2. The fourth-order valence-corrected chi connectivity index (χ4v) is 4.04. The van der Waals surface area contributed by atoms with Crippen molar-refractivity contribution in [3.05, 3.63) is 35.9 Å². The Kier molecular flexibility index (Phi) is 6.64. The number of benzene rings is 1. The van der Waals surface area contributed by atoms with Crippen molar-refractivity contribution in [1.29, 1.82) is 0 Å².